The summed E-state index contributed by atoms with van der Waals surface area (Å²) in [5.74, 6) is 0. The Kier molecular flexibility index (Phi) is 6.46. The number of hydrogen-bond acceptors (Lipinski definition) is 2. The average Bonchev–Trinajstić information content (AvgIpc) is 2.69. The molecular formula is C23H31NOSi. The molecule has 1 fully saturated rings. The first-order chi connectivity index (χ1) is 12.6. The first-order valence-corrected chi connectivity index (χ1v) is 13.0. The maximum absolute atomic E-state index is 6.02. The Morgan fingerprint density at radius 1 is 1.08 bits per heavy atom. The Bertz CT molecular complexity index is 703. The standard InChI is InChI=1S/C23H31NOSi/c1-19(21-9-5-4-6-10-21)22-13-11-20(12-14-22)8-7-17-26(2,3)23-18-24-15-16-25-23/h4-6,9-14,23-24H,1,7-8,15-18H2,2-3H3. The lowest BCUT2D eigenvalue weighted by atomic mass is 9.98. The SMILES string of the molecule is C=C(c1ccccc1)c1ccc(CCC[Si](C)(C)C2CNCCO2)cc1. The molecule has 138 valence electrons. The quantitative estimate of drug-likeness (QED) is 0.704. The van der Waals surface area contributed by atoms with Gasteiger partial charge in [-0.2, -0.15) is 0 Å². The summed E-state index contributed by atoms with van der Waals surface area (Å²) in [6.45, 7) is 12.1. The summed E-state index contributed by atoms with van der Waals surface area (Å²) in [6, 6.07) is 20.7. The van der Waals surface area contributed by atoms with E-state index in [4.69, 9.17) is 4.74 Å². The molecule has 2 aromatic carbocycles. The molecule has 0 aromatic heterocycles. The van der Waals surface area contributed by atoms with Gasteiger partial charge in [-0.3, -0.25) is 0 Å². The summed E-state index contributed by atoms with van der Waals surface area (Å²) in [6.07, 6.45) is 2.40. The summed E-state index contributed by atoms with van der Waals surface area (Å²) in [5.41, 5.74) is 5.37. The van der Waals surface area contributed by atoms with E-state index in [0.29, 0.717) is 5.73 Å². The molecule has 0 saturated carbocycles. The molecule has 1 aliphatic rings. The van der Waals surface area contributed by atoms with Crippen molar-refractivity contribution in [3.8, 4) is 0 Å². The fraction of sp³-hybridized carbons (Fsp3) is 0.391. The van der Waals surface area contributed by atoms with Crippen LogP contribution >= 0.6 is 0 Å². The van der Waals surface area contributed by atoms with Gasteiger partial charge in [-0.15, -0.1) is 0 Å². The second-order valence-corrected chi connectivity index (χ2v) is 13.1. The van der Waals surface area contributed by atoms with Crippen LogP contribution in [0.2, 0.25) is 19.1 Å². The van der Waals surface area contributed by atoms with E-state index in [1.54, 1.807) is 0 Å². The van der Waals surface area contributed by atoms with Crippen molar-refractivity contribution in [2.75, 3.05) is 19.7 Å². The monoisotopic (exact) mass is 365 g/mol. The van der Waals surface area contributed by atoms with Crippen LogP contribution in [0.1, 0.15) is 23.1 Å². The minimum atomic E-state index is -1.33. The predicted octanol–water partition coefficient (Wildman–Crippen LogP) is 4.92. The van der Waals surface area contributed by atoms with E-state index in [9.17, 15) is 0 Å². The van der Waals surface area contributed by atoms with Gasteiger partial charge < -0.3 is 10.1 Å². The Morgan fingerprint density at radius 3 is 2.42 bits per heavy atom. The van der Waals surface area contributed by atoms with E-state index in [0.717, 1.165) is 31.7 Å². The molecule has 1 atom stereocenters. The predicted molar refractivity (Wildman–Crippen MR) is 114 cm³/mol. The van der Waals surface area contributed by atoms with Gasteiger partial charge in [0.1, 0.15) is 0 Å². The lowest BCUT2D eigenvalue weighted by Gasteiger charge is -2.35. The van der Waals surface area contributed by atoms with Crippen molar-refractivity contribution in [1.82, 2.24) is 5.32 Å². The molecule has 1 N–H and O–H groups in total. The normalized spacial score (nSPS) is 17.8. The van der Waals surface area contributed by atoms with Crippen molar-refractivity contribution in [2.45, 2.75) is 37.7 Å². The van der Waals surface area contributed by atoms with Crippen LogP contribution in [0, 0.1) is 0 Å². The Morgan fingerprint density at radius 2 is 1.77 bits per heavy atom. The molecular weight excluding hydrogens is 334 g/mol. The Balaban J connectivity index is 1.52. The van der Waals surface area contributed by atoms with E-state index in [1.165, 1.54) is 29.2 Å². The second-order valence-electron chi connectivity index (χ2n) is 7.95. The largest absolute Gasteiger partial charge is 0.379 e. The van der Waals surface area contributed by atoms with Crippen LogP contribution in [-0.4, -0.2) is 33.5 Å². The Labute approximate surface area is 159 Å². The van der Waals surface area contributed by atoms with Crippen LogP contribution in [-0.2, 0) is 11.2 Å². The van der Waals surface area contributed by atoms with Crippen LogP contribution in [0.5, 0.6) is 0 Å². The highest BCUT2D eigenvalue weighted by atomic mass is 28.3. The number of aryl methyl sites for hydroxylation is 1. The number of morpholine rings is 1. The fourth-order valence-corrected chi connectivity index (χ4v) is 6.33. The molecule has 0 radical (unpaired) electrons. The van der Waals surface area contributed by atoms with Gasteiger partial charge in [0, 0.05) is 13.1 Å². The maximum atomic E-state index is 6.02. The van der Waals surface area contributed by atoms with Crippen molar-refractivity contribution in [3.63, 3.8) is 0 Å². The van der Waals surface area contributed by atoms with Gasteiger partial charge in [0.05, 0.1) is 20.4 Å². The molecule has 1 unspecified atom stereocenters. The molecule has 0 spiro atoms. The van der Waals surface area contributed by atoms with Crippen LogP contribution < -0.4 is 5.32 Å². The molecule has 0 amide bonds. The third-order valence-electron chi connectivity index (χ3n) is 5.51. The number of rotatable bonds is 7. The number of nitrogens with one attached hydrogen (secondary N) is 1. The first kappa shape index (κ1) is 19.1. The molecule has 1 saturated heterocycles. The molecule has 2 aromatic rings. The van der Waals surface area contributed by atoms with E-state index >= 15 is 0 Å². The minimum Gasteiger partial charge on any atom is -0.379 e. The molecule has 3 heteroatoms. The Hall–Kier alpha value is -1.68. The number of hydrogen-bond donors (Lipinski definition) is 1. The van der Waals surface area contributed by atoms with E-state index in [2.05, 4.69) is 73.5 Å². The average molecular weight is 366 g/mol. The van der Waals surface area contributed by atoms with Crippen molar-refractivity contribution < 1.29 is 4.74 Å². The zero-order chi connectivity index (χ0) is 18.4. The van der Waals surface area contributed by atoms with Gasteiger partial charge in [-0.05, 0) is 28.7 Å². The fourth-order valence-electron chi connectivity index (χ4n) is 3.66. The van der Waals surface area contributed by atoms with E-state index < -0.39 is 8.07 Å². The van der Waals surface area contributed by atoms with E-state index in [-0.39, 0.29) is 0 Å². The van der Waals surface area contributed by atoms with Crippen LogP contribution in [0.15, 0.2) is 61.2 Å². The highest BCUT2D eigenvalue weighted by Gasteiger charge is 2.33. The molecule has 0 aliphatic carbocycles. The summed E-state index contributed by atoms with van der Waals surface area (Å²) in [5, 5.41) is 3.48. The number of benzene rings is 2. The highest BCUT2D eigenvalue weighted by Crippen LogP contribution is 2.24. The number of ether oxygens (including phenoxy) is 1. The van der Waals surface area contributed by atoms with Gasteiger partial charge in [-0.1, -0.05) is 86.7 Å². The van der Waals surface area contributed by atoms with Crippen LogP contribution in [0.3, 0.4) is 0 Å². The zero-order valence-corrected chi connectivity index (χ0v) is 17.1. The minimum absolute atomic E-state index is 0.466. The van der Waals surface area contributed by atoms with Crippen molar-refractivity contribution in [2.24, 2.45) is 0 Å². The summed E-state index contributed by atoms with van der Waals surface area (Å²) >= 11 is 0. The third-order valence-corrected chi connectivity index (χ3v) is 9.27. The van der Waals surface area contributed by atoms with Gasteiger partial charge in [0.25, 0.3) is 0 Å². The molecule has 3 rings (SSSR count). The van der Waals surface area contributed by atoms with Gasteiger partial charge >= 0.3 is 0 Å². The van der Waals surface area contributed by atoms with Crippen LogP contribution in [0.25, 0.3) is 5.57 Å². The molecule has 1 heterocycles. The van der Waals surface area contributed by atoms with Crippen LogP contribution in [0.4, 0.5) is 0 Å². The van der Waals surface area contributed by atoms with Crippen molar-refractivity contribution in [3.05, 3.63) is 77.9 Å². The second kappa shape index (κ2) is 8.80. The molecule has 0 bridgehead atoms. The summed E-state index contributed by atoms with van der Waals surface area (Å²) in [7, 11) is -1.33. The zero-order valence-electron chi connectivity index (χ0n) is 16.1. The lowest BCUT2D eigenvalue weighted by Crippen LogP contribution is -2.53. The van der Waals surface area contributed by atoms with Gasteiger partial charge in [0.2, 0.25) is 0 Å². The van der Waals surface area contributed by atoms with Crippen molar-refractivity contribution in [1.29, 1.82) is 0 Å². The third kappa shape index (κ3) is 4.94. The van der Waals surface area contributed by atoms with Crippen molar-refractivity contribution >= 4 is 13.6 Å². The highest BCUT2D eigenvalue weighted by molar-refractivity contribution is 6.78. The van der Waals surface area contributed by atoms with E-state index in [1.807, 2.05) is 6.07 Å². The summed E-state index contributed by atoms with van der Waals surface area (Å²) in [4.78, 5) is 0. The summed E-state index contributed by atoms with van der Waals surface area (Å²) < 4.78 is 6.02. The van der Waals surface area contributed by atoms with Gasteiger partial charge in [0.15, 0.2) is 0 Å². The lowest BCUT2D eigenvalue weighted by molar-refractivity contribution is 0.0722. The maximum Gasteiger partial charge on any atom is 0.0832 e. The molecule has 1 aliphatic heterocycles. The first-order valence-electron chi connectivity index (χ1n) is 9.72. The topological polar surface area (TPSA) is 21.3 Å². The van der Waals surface area contributed by atoms with Gasteiger partial charge in [-0.25, -0.2) is 0 Å². The smallest absolute Gasteiger partial charge is 0.0832 e. The molecule has 26 heavy (non-hydrogen) atoms. The molecule has 2 nitrogen and oxygen atoms in total.